The van der Waals surface area contributed by atoms with Crippen molar-refractivity contribution < 1.29 is 71.1 Å². The van der Waals surface area contributed by atoms with E-state index < -0.39 is 89.2 Å². The summed E-state index contributed by atoms with van der Waals surface area (Å²) in [6.45, 7) is 0. The maximum atomic E-state index is 14.1. The number of nitrogens with one attached hydrogen (secondary N) is 2. The lowest BCUT2D eigenvalue weighted by Gasteiger charge is -2.29. The quantitative estimate of drug-likeness (QED) is 0.0279. The molecule has 0 bridgehead atoms. The Morgan fingerprint density at radius 2 is 1.02 bits per heavy atom. The summed E-state index contributed by atoms with van der Waals surface area (Å²) in [6.07, 6.45) is 0.493. The minimum absolute atomic E-state index is 0.0350. The van der Waals surface area contributed by atoms with Crippen molar-refractivity contribution in [1.29, 1.82) is 0 Å². The van der Waals surface area contributed by atoms with Gasteiger partial charge in [0.1, 0.15) is 9.79 Å². The number of imide groups is 1. The smallest absolute Gasteiger partial charge is 0.296 e. The highest BCUT2D eigenvalue weighted by Gasteiger charge is 2.36. The lowest BCUT2D eigenvalue weighted by atomic mass is 9.83. The first kappa shape index (κ1) is 41.1. The van der Waals surface area contributed by atoms with Crippen LogP contribution in [0.15, 0.2) is 105 Å². The van der Waals surface area contributed by atoms with Crippen LogP contribution in [0.5, 0.6) is 0 Å². The molecule has 0 aromatic heterocycles. The van der Waals surface area contributed by atoms with E-state index in [4.69, 9.17) is 0 Å². The van der Waals surface area contributed by atoms with E-state index >= 15 is 0 Å². The Morgan fingerprint density at radius 3 is 1.49 bits per heavy atom. The molecule has 0 saturated carbocycles. The molecular formula is C37H24N4O16S4. The van der Waals surface area contributed by atoms with Gasteiger partial charge in [0.15, 0.2) is 6.29 Å². The Balaban J connectivity index is 1.27. The number of benzene rings is 7. The molecule has 1 aliphatic heterocycles. The van der Waals surface area contributed by atoms with Crippen molar-refractivity contribution in [2.24, 2.45) is 0 Å². The monoisotopic (exact) mass is 908 g/mol. The first-order valence-electron chi connectivity index (χ1n) is 17.0. The fourth-order valence-corrected chi connectivity index (χ4v) is 9.74. The molecule has 24 heteroatoms. The molecule has 1 heterocycles. The molecule has 1 aliphatic rings. The third-order valence-electron chi connectivity index (χ3n) is 10.0. The molecule has 7 aromatic rings. The highest BCUT2D eigenvalue weighted by atomic mass is 32.2. The van der Waals surface area contributed by atoms with E-state index in [9.17, 15) is 71.1 Å². The Morgan fingerprint density at radius 1 is 0.574 bits per heavy atom. The van der Waals surface area contributed by atoms with Crippen LogP contribution in [0.2, 0.25) is 0 Å². The van der Waals surface area contributed by atoms with Gasteiger partial charge in [-0.15, -0.1) is 0 Å². The van der Waals surface area contributed by atoms with Crippen LogP contribution < -0.4 is 10.9 Å². The van der Waals surface area contributed by atoms with E-state index in [1.165, 1.54) is 42.5 Å². The SMILES string of the molecule is CN(Nc1cc(S(=O)(=O)O)ccc1S(=O)(=O)O)C(=O)c1ccc2c3ccc4c5c(ccc(c6ccc(C=O)c1c62)c53)C(=O)N(Nc1cc(S(=O)(=O)O)ccc1S(=O)(=O)O)C4=O. The maximum Gasteiger partial charge on any atom is 0.296 e. The lowest BCUT2D eigenvalue weighted by Crippen LogP contribution is -2.44. The molecule has 0 atom stereocenters. The van der Waals surface area contributed by atoms with Gasteiger partial charge in [0.05, 0.1) is 32.3 Å². The predicted octanol–water partition coefficient (Wildman–Crippen LogP) is 4.26. The number of amides is 3. The zero-order valence-electron chi connectivity index (χ0n) is 30.4. The number of aldehydes is 1. The van der Waals surface area contributed by atoms with Crippen molar-refractivity contribution in [1.82, 2.24) is 10.0 Å². The first-order chi connectivity index (χ1) is 28.4. The third kappa shape index (κ3) is 6.66. The maximum absolute atomic E-state index is 14.1. The normalized spacial score (nSPS) is 13.7. The second-order valence-corrected chi connectivity index (χ2v) is 19.2. The number of carbonyl (C=O) groups excluding carboxylic acids is 4. The molecule has 0 fully saturated rings. The van der Waals surface area contributed by atoms with Crippen LogP contribution in [0.3, 0.4) is 0 Å². The molecule has 61 heavy (non-hydrogen) atoms. The van der Waals surface area contributed by atoms with Gasteiger partial charge in [0, 0.05) is 28.9 Å². The van der Waals surface area contributed by atoms with Crippen LogP contribution in [-0.2, 0) is 40.5 Å². The molecule has 8 rings (SSSR count). The Labute approximate surface area is 343 Å². The van der Waals surface area contributed by atoms with Gasteiger partial charge in [-0.1, -0.05) is 30.3 Å². The van der Waals surface area contributed by atoms with Crippen molar-refractivity contribution in [3.63, 3.8) is 0 Å². The summed E-state index contributed by atoms with van der Waals surface area (Å²) in [6, 6.07) is 15.7. The summed E-state index contributed by atoms with van der Waals surface area (Å²) in [5.41, 5.74) is 3.12. The topological polar surface area (TPSA) is 316 Å². The molecule has 7 aromatic carbocycles. The van der Waals surface area contributed by atoms with Crippen molar-refractivity contribution in [3.8, 4) is 0 Å². The summed E-state index contributed by atoms with van der Waals surface area (Å²) in [4.78, 5) is 51.4. The summed E-state index contributed by atoms with van der Waals surface area (Å²) in [7, 11) is -18.7. The van der Waals surface area contributed by atoms with Crippen molar-refractivity contribution >= 4 is 119 Å². The van der Waals surface area contributed by atoms with E-state index in [0.717, 1.165) is 18.1 Å². The Bertz CT molecular complexity index is 3580. The molecule has 0 radical (unpaired) electrons. The van der Waals surface area contributed by atoms with Gasteiger partial charge in [0.2, 0.25) is 0 Å². The Kier molecular flexibility index (Phi) is 9.23. The standard InChI is InChI=1S/C37H24N4O16S4/c1-40(38-27-14-18(58(46,47)48)3-12-29(27)60(52,53)54)35(43)24-9-6-21-23-8-11-26-34-25(10-7-22(33(23)34)20-5-2-17(16-42)31(24)32(20)21)36(44)41(37(26)45)39-28-15-19(59(49,50)51)4-13-30(28)61(55,56)57/h2-16,38-39H,1H3,(H,46,47,48)(H,49,50,51)(H,52,53,54)(H,55,56,57). The van der Waals surface area contributed by atoms with Crippen LogP contribution >= 0.6 is 0 Å². The van der Waals surface area contributed by atoms with Crippen molar-refractivity contribution in [3.05, 3.63) is 107 Å². The number of carbonyl (C=O) groups is 4. The number of nitrogens with zero attached hydrogens (tertiary/aromatic N) is 2. The van der Waals surface area contributed by atoms with Crippen LogP contribution in [0.1, 0.15) is 41.4 Å². The van der Waals surface area contributed by atoms with Crippen LogP contribution in [0.25, 0.3) is 43.1 Å². The number of hydrogen-bond donors (Lipinski definition) is 6. The van der Waals surface area contributed by atoms with Crippen LogP contribution in [0, 0.1) is 0 Å². The molecule has 20 nitrogen and oxygen atoms in total. The van der Waals surface area contributed by atoms with Gasteiger partial charge < -0.3 is 0 Å². The molecule has 0 spiro atoms. The average molecular weight is 909 g/mol. The van der Waals surface area contributed by atoms with Crippen molar-refractivity contribution in [2.45, 2.75) is 19.6 Å². The van der Waals surface area contributed by atoms with Gasteiger partial charge in [0.25, 0.3) is 58.2 Å². The summed E-state index contributed by atoms with van der Waals surface area (Å²) < 4.78 is 135. The van der Waals surface area contributed by atoms with Crippen LogP contribution in [-0.4, -0.2) is 93.0 Å². The van der Waals surface area contributed by atoms with Gasteiger partial charge in [-0.3, -0.25) is 53.2 Å². The van der Waals surface area contributed by atoms with E-state index in [2.05, 4.69) is 10.9 Å². The second kappa shape index (κ2) is 13.7. The number of rotatable bonds is 10. The summed E-state index contributed by atoms with van der Waals surface area (Å²) >= 11 is 0. The predicted molar refractivity (Wildman–Crippen MR) is 215 cm³/mol. The Hall–Kier alpha value is -6.64. The second-order valence-electron chi connectivity index (χ2n) is 13.6. The zero-order chi connectivity index (χ0) is 44.3. The van der Waals surface area contributed by atoms with Gasteiger partial charge in [-0.25, -0.2) is 0 Å². The minimum Gasteiger partial charge on any atom is -0.298 e. The zero-order valence-corrected chi connectivity index (χ0v) is 33.6. The highest BCUT2D eigenvalue weighted by molar-refractivity contribution is 7.87. The number of fused-ring (bicyclic) bond motifs is 2. The molecule has 0 aliphatic carbocycles. The van der Waals surface area contributed by atoms with Gasteiger partial charge >= 0.3 is 0 Å². The molecular weight excluding hydrogens is 885 g/mol. The third-order valence-corrected chi connectivity index (χ3v) is 13.6. The average Bonchev–Trinajstić information content (AvgIpc) is 3.18. The molecule has 0 unspecified atom stereocenters. The lowest BCUT2D eigenvalue weighted by molar-refractivity contribution is 0.0647. The molecule has 0 saturated heterocycles. The molecule has 312 valence electrons. The van der Waals surface area contributed by atoms with Crippen LogP contribution in [0.4, 0.5) is 11.4 Å². The summed E-state index contributed by atoms with van der Waals surface area (Å²) in [5.74, 6) is -2.94. The summed E-state index contributed by atoms with van der Waals surface area (Å²) in [5, 5.41) is 3.97. The fraction of sp³-hybridized carbons (Fsp3) is 0.0270. The van der Waals surface area contributed by atoms with E-state index in [1.807, 2.05) is 0 Å². The first-order valence-corrected chi connectivity index (χ1v) is 22.7. The highest BCUT2D eigenvalue weighted by Crippen LogP contribution is 2.45. The number of hydrogen-bond acceptors (Lipinski definition) is 14. The minimum atomic E-state index is -5.08. The molecule has 3 amide bonds. The fourth-order valence-electron chi connectivity index (χ4n) is 7.48. The van der Waals surface area contributed by atoms with E-state index in [-0.39, 0.29) is 33.0 Å². The largest absolute Gasteiger partial charge is 0.298 e. The molecule has 6 N–H and O–H groups in total. The van der Waals surface area contributed by atoms with Crippen molar-refractivity contribution in [2.75, 3.05) is 17.9 Å². The van der Waals surface area contributed by atoms with Gasteiger partial charge in [-0.05, 0) is 86.9 Å². The van der Waals surface area contributed by atoms with Gasteiger partial charge in [-0.2, -0.15) is 38.7 Å². The number of hydrazine groups is 2. The van der Waals surface area contributed by atoms with E-state index in [0.29, 0.717) is 73.9 Å². The number of anilines is 2. The van der Waals surface area contributed by atoms with E-state index in [1.54, 1.807) is 6.07 Å².